The lowest BCUT2D eigenvalue weighted by Gasteiger charge is -2.29. The molecule has 0 heterocycles. The second-order valence-corrected chi connectivity index (χ2v) is 5.18. The molecule has 0 aromatic carbocycles. The third-order valence-electron chi connectivity index (χ3n) is 2.29. The summed E-state index contributed by atoms with van der Waals surface area (Å²) < 4.78 is 76.9. The predicted octanol–water partition coefficient (Wildman–Crippen LogP) is 3.97. The van der Waals surface area contributed by atoms with Crippen LogP contribution >= 0.6 is 0 Å². The third kappa shape index (κ3) is 3.42. The van der Waals surface area contributed by atoms with Crippen molar-refractivity contribution in [1.82, 2.24) is 0 Å². The highest BCUT2D eigenvalue weighted by atomic mass is 19.3. The molecule has 112 valence electrons. The number of ketones is 1. The lowest BCUT2D eigenvalue weighted by atomic mass is 9.91. The maximum absolute atomic E-state index is 13.1. The summed E-state index contributed by atoms with van der Waals surface area (Å²) in [6.45, 7) is 3.53. The number of carbonyl (C=O) groups is 1. The second kappa shape index (κ2) is 4.72. The van der Waals surface area contributed by atoms with E-state index >= 15 is 0 Å². The van der Waals surface area contributed by atoms with E-state index < -0.39 is 41.6 Å². The minimum Gasteiger partial charge on any atom is -0.512 e. The normalized spacial score (nSPS) is 15.6. The number of allylic oxidation sites excluding steroid dienone is 2. The number of hydrogen-bond acceptors (Lipinski definition) is 2. The lowest BCUT2D eigenvalue weighted by Crippen LogP contribution is -2.56. The van der Waals surface area contributed by atoms with Crippen molar-refractivity contribution in [2.24, 2.45) is 5.41 Å². The van der Waals surface area contributed by atoms with Gasteiger partial charge >= 0.3 is 17.8 Å². The summed E-state index contributed by atoms with van der Waals surface area (Å²) in [7, 11) is 0. The number of aliphatic hydroxyl groups is 1. The van der Waals surface area contributed by atoms with E-state index in [0.717, 1.165) is 0 Å². The van der Waals surface area contributed by atoms with Crippen LogP contribution in [0.4, 0.5) is 26.3 Å². The van der Waals surface area contributed by atoms with Crippen LogP contribution < -0.4 is 0 Å². The average molecular weight is 292 g/mol. The summed E-state index contributed by atoms with van der Waals surface area (Å²) >= 11 is 0. The van der Waals surface area contributed by atoms with Gasteiger partial charge in [-0.1, -0.05) is 20.8 Å². The van der Waals surface area contributed by atoms with E-state index in [0.29, 0.717) is 0 Å². The highest BCUT2D eigenvalue weighted by molar-refractivity contribution is 5.97. The molecule has 0 bridgehead atoms. The Balaban J connectivity index is 5.54. The number of halogens is 6. The Morgan fingerprint density at radius 1 is 0.947 bits per heavy atom. The van der Waals surface area contributed by atoms with Crippen molar-refractivity contribution in [3.8, 4) is 0 Å². The SMILES string of the molecule is CC(C)(C)C(O)=CC(=O)C(F)(F)C(F)(F)C(C)(F)F. The first-order valence-electron chi connectivity index (χ1n) is 5.14. The van der Waals surface area contributed by atoms with Crippen molar-refractivity contribution in [2.45, 2.75) is 45.5 Å². The molecule has 0 rings (SSSR count). The molecule has 0 fully saturated rings. The Morgan fingerprint density at radius 3 is 1.58 bits per heavy atom. The topological polar surface area (TPSA) is 37.3 Å². The quantitative estimate of drug-likeness (QED) is 0.483. The molecule has 0 amide bonds. The fourth-order valence-corrected chi connectivity index (χ4v) is 0.862. The monoisotopic (exact) mass is 292 g/mol. The third-order valence-corrected chi connectivity index (χ3v) is 2.29. The summed E-state index contributed by atoms with van der Waals surface area (Å²) in [6.07, 6.45) is -0.153. The molecule has 8 heteroatoms. The molecule has 2 nitrogen and oxygen atoms in total. The van der Waals surface area contributed by atoms with Crippen LogP contribution in [-0.4, -0.2) is 28.7 Å². The average Bonchev–Trinajstić information content (AvgIpc) is 2.13. The van der Waals surface area contributed by atoms with Gasteiger partial charge in [0.05, 0.1) is 0 Å². The van der Waals surface area contributed by atoms with Gasteiger partial charge < -0.3 is 5.11 Å². The fraction of sp³-hybridized carbons (Fsp3) is 0.727. The van der Waals surface area contributed by atoms with Gasteiger partial charge in [-0.2, -0.15) is 26.3 Å². The Hall–Kier alpha value is -1.21. The minimum atomic E-state index is -5.86. The first-order chi connectivity index (χ1) is 8.05. The maximum Gasteiger partial charge on any atom is 0.379 e. The summed E-state index contributed by atoms with van der Waals surface area (Å²) in [5.41, 5.74) is -1.16. The molecule has 0 spiro atoms. The molecule has 0 atom stereocenters. The second-order valence-electron chi connectivity index (χ2n) is 5.18. The standard InChI is InChI=1S/C11H14F6O2/c1-8(2,3)6(18)5-7(19)10(14,15)11(16,17)9(4,12)13/h5,18H,1-4H3. The van der Waals surface area contributed by atoms with E-state index in [9.17, 15) is 36.2 Å². The van der Waals surface area contributed by atoms with E-state index in [4.69, 9.17) is 0 Å². The molecule has 0 aliphatic rings. The van der Waals surface area contributed by atoms with Crippen molar-refractivity contribution in [3.63, 3.8) is 0 Å². The van der Waals surface area contributed by atoms with Gasteiger partial charge in [0.1, 0.15) is 5.76 Å². The molecule has 0 unspecified atom stereocenters. The van der Waals surface area contributed by atoms with E-state index in [1.165, 1.54) is 20.8 Å². The van der Waals surface area contributed by atoms with Gasteiger partial charge in [0, 0.05) is 18.4 Å². The molecule has 0 aromatic rings. The number of aliphatic hydroxyl groups excluding tert-OH is 1. The zero-order valence-electron chi connectivity index (χ0n) is 10.7. The van der Waals surface area contributed by atoms with E-state index in [-0.39, 0.29) is 6.08 Å². The minimum absolute atomic E-state index is 0.153. The molecule has 0 aliphatic carbocycles. The van der Waals surface area contributed by atoms with Gasteiger partial charge in [-0.05, 0) is 0 Å². The van der Waals surface area contributed by atoms with Gasteiger partial charge in [0.2, 0.25) is 5.78 Å². The molecule has 0 radical (unpaired) electrons. The Labute approximate surface area is 106 Å². The summed E-state index contributed by atoms with van der Waals surface area (Å²) in [5.74, 6) is -20.0. The highest BCUT2D eigenvalue weighted by Crippen LogP contribution is 2.46. The van der Waals surface area contributed by atoms with Crippen LogP contribution in [0.25, 0.3) is 0 Å². The van der Waals surface area contributed by atoms with Gasteiger partial charge in [-0.25, -0.2) is 0 Å². The Kier molecular flexibility index (Phi) is 4.42. The van der Waals surface area contributed by atoms with Crippen LogP contribution in [0.5, 0.6) is 0 Å². The number of alkyl halides is 6. The zero-order chi connectivity index (χ0) is 15.9. The first kappa shape index (κ1) is 17.8. The fourth-order valence-electron chi connectivity index (χ4n) is 0.862. The number of hydrogen-bond donors (Lipinski definition) is 1. The lowest BCUT2D eigenvalue weighted by molar-refractivity contribution is -0.289. The van der Waals surface area contributed by atoms with Crippen molar-refractivity contribution in [3.05, 3.63) is 11.8 Å². The number of carbonyl (C=O) groups excluding carboxylic acids is 1. The van der Waals surface area contributed by atoms with Gasteiger partial charge in [0.25, 0.3) is 0 Å². The van der Waals surface area contributed by atoms with Crippen molar-refractivity contribution >= 4 is 5.78 Å². The zero-order valence-corrected chi connectivity index (χ0v) is 10.7. The molecule has 19 heavy (non-hydrogen) atoms. The van der Waals surface area contributed by atoms with Crippen molar-refractivity contribution < 1.29 is 36.2 Å². The van der Waals surface area contributed by atoms with Crippen LogP contribution in [0, 0.1) is 5.41 Å². The van der Waals surface area contributed by atoms with Crippen LogP contribution in [0.15, 0.2) is 11.8 Å². The molecule has 1 N–H and O–H groups in total. The molecule has 0 aromatic heterocycles. The van der Waals surface area contributed by atoms with Crippen molar-refractivity contribution in [2.75, 3.05) is 0 Å². The van der Waals surface area contributed by atoms with Gasteiger partial charge in [-0.3, -0.25) is 4.79 Å². The first-order valence-corrected chi connectivity index (χ1v) is 5.14. The van der Waals surface area contributed by atoms with Crippen molar-refractivity contribution in [1.29, 1.82) is 0 Å². The predicted molar refractivity (Wildman–Crippen MR) is 55.7 cm³/mol. The van der Waals surface area contributed by atoms with E-state index in [1.807, 2.05) is 0 Å². The van der Waals surface area contributed by atoms with E-state index in [1.54, 1.807) is 0 Å². The van der Waals surface area contributed by atoms with E-state index in [2.05, 4.69) is 0 Å². The van der Waals surface area contributed by atoms with Crippen LogP contribution in [0.1, 0.15) is 27.7 Å². The summed E-state index contributed by atoms with van der Waals surface area (Å²) in [4.78, 5) is 11.0. The molecule has 0 saturated heterocycles. The van der Waals surface area contributed by atoms with Gasteiger partial charge in [-0.15, -0.1) is 0 Å². The molecule has 0 saturated carbocycles. The Morgan fingerprint density at radius 2 is 1.32 bits per heavy atom. The number of rotatable bonds is 4. The van der Waals surface area contributed by atoms with Crippen LogP contribution in [0.2, 0.25) is 0 Å². The molecular weight excluding hydrogens is 278 g/mol. The highest BCUT2D eigenvalue weighted by Gasteiger charge is 2.72. The summed E-state index contributed by atoms with van der Waals surface area (Å²) in [6, 6.07) is 0. The van der Waals surface area contributed by atoms with Crippen LogP contribution in [0.3, 0.4) is 0 Å². The maximum atomic E-state index is 13.1. The van der Waals surface area contributed by atoms with Gasteiger partial charge in [0.15, 0.2) is 0 Å². The largest absolute Gasteiger partial charge is 0.512 e. The smallest absolute Gasteiger partial charge is 0.379 e. The Bertz CT molecular complexity index is 387. The summed E-state index contributed by atoms with van der Waals surface area (Å²) in [5, 5.41) is 9.26. The molecule has 0 aliphatic heterocycles. The van der Waals surface area contributed by atoms with Crippen LogP contribution in [-0.2, 0) is 4.79 Å². The molecular formula is C11H14F6O2.